The maximum absolute atomic E-state index is 11.5. The van der Waals surface area contributed by atoms with E-state index in [4.69, 9.17) is 5.73 Å². The van der Waals surface area contributed by atoms with Crippen LogP contribution in [-0.2, 0) is 0 Å². The van der Waals surface area contributed by atoms with Gasteiger partial charge in [0.05, 0.1) is 0 Å². The molecule has 7 nitrogen and oxygen atoms in total. The van der Waals surface area contributed by atoms with E-state index in [-0.39, 0.29) is 17.3 Å². The fourth-order valence-electron chi connectivity index (χ4n) is 1.50. The molecule has 0 spiro atoms. The Morgan fingerprint density at radius 1 is 1.41 bits per heavy atom. The predicted octanol–water partition coefficient (Wildman–Crippen LogP) is -0.366. The van der Waals surface area contributed by atoms with Gasteiger partial charge in [0.15, 0.2) is 0 Å². The van der Waals surface area contributed by atoms with Crippen LogP contribution in [0.4, 0.5) is 5.82 Å². The summed E-state index contributed by atoms with van der Waals surface area (Å²) in [5.74, 6) is 0.109. The molecule has 1 heterocycles. The molecule has 0 fully saturated rings. The summed E-state index contributed by atoms with van der Waals surface area (Å²) < 4.78 is 0. The Morgan fingerprint density at radius 2 is 2.06 bits per heavy atom. The lowest BCUT2D eigenvalue weighted by molar-refractivity contribution is 0.327. The molecule has 0 aromatic carbocycles. The highest BCUT2D eigenvalue weighted by atomic mass is 16.2. The largest absolute Gasteiger partial charge is 0.361 e. The van der Waals surface area contributed by atoms with Crippen LogP contribution in [0.3, 0.4) is 0 Å². The highest BCUT2D eigenvalue weighted by Crippen LogP contribution is 2.23. The molecule has 0 saturated heterocycles. The first kappa shape index (κ1) is 13.4. The molecule has 1 aromatic rings. The molecule has 7 heteroatoms. The van der Waals surface area contributed by atoms with E-state index in [1.165, 1.54) is 0 Å². The van der Waals surface area contributed by atoms with Crippen molar-refractivity contribution in [3.8, 4) is 0 Å². The van der Waals surface area contributed by atoms with Crippen LogP contribution >= 0.6 is 0 Å². The Balaban J connectivity index is 2.94. The highest BCUT2D eigenvalue weighted by Gasteiger charge is 2.24. The molecule has 1 unspecified atom stereocenters. The minimum atomic E-state index is -0.619. The summed E-state index contributed by atoms with van der Waals surface area (Å²) in [5, 5.41) is 8.88. The minimum absolute atomic E-state index is 0.00648. The average Bonchev–Trinajstić information content (AvgIpc) is 2.19. The van der Waals surface area contributed by atoms with Crippen LogP contribution < -0.4 is 22.3 Å². The summed E-state index contributed by atoms with van der Waals surface area (Å²) in [6.45, 7) is 6.64. The highest BCUT2D eigenvalue weighted by molar-refractivity contribution is 5.31. The Morgan fingerprint density at radius 3 is 2.53 bits per heavy atom. The van der Waals surface area contributed by atoms with Crippen LogP contribution in [-0.4, -0.2) is 27.8 Å². The Bertz CT molecular complexity index is 471. The summed E-state index contributed by atoms with van der Waals surface area (Å²) >= 11 is 0. The van der Waals surface area contributed by atoms with Crippen LogP contribution in [0.1, 0.15) is 27.2 Å². The molecule has 0 aliphatic rings. The Kier molecular flexibility index (Phi) is 4.06. The molecular weight excluding hydrogens is 222 g/mol. The topological polar surface area (TPSA) is 117 Å². The number of rotatable bonds is 4. The van der Waals surface area contributed by atoms with Gasteiger partial charge in [0, 0.05) is 6.04 Å². The number of nitrogens with two attached hydrogens (primary N) is 1. The summed E-state index contributed by atoms with van der Waals surface area (Å²) in [6, 6.07) is 0.00648. The van der Waals surface area contributed by atoms with Gasteiger partial charge in [-0.2, -0.15) is 0 Å². The van der Waals surface area contributed by atoms with Gasteiger partial charge in [-0.1, -0.05) is 20.8 Å². The number of nitrogens with zero attached hydrogens (tertiary/aromatic N) is 1. The molecule has 1 rings (SSSR count). The normalized spacial score (nSPS) is 13.4. The third-order valence-corrected chi connectivity index (χ3v) is 2.52. The maximum atomic E-state index is 11.5. The molecule has 0 amide bonds. The van der Waals surface area contributed by atoms with Gasteiger partial charge >= 0.3 is 5.69 Å². The van der Waals surface area contributed by atoms with Gasteiger partial charge in [-0.3, -0.25) is 9.78 Å². The lowest BCUT2D eigenvalue weighted by Crippen LogP contribution is -2.39. The number of anilines is 1. The average molecular weight is 241 g/mol. The molecule has 0 aliphatic carbocycles. The number of aromatic amines is 2. The van der Waals surface area contributed by atoms with Gasteiger partial charge in [-0.05, 0) is 18.4 Å². The first-order valence-corrected chi connectivity index (χ1v) is 5.50. The quantitative estimate of drug-likeness (QED) is 0.574. The SMILES string of the molecule is CC(C)(C)C(CCN)Nc1n[nH]c(=O)[nH]c1=O. The van der Waals surface area contributed by atoms with Crippen molar-refractivity contribution in [3.05, 3.63) is 20.8 Å². The van der Waals surface area contributed by atoms with Crippen LogP contribution in [0.25, 0.3) is 0 Å². The van der Waals surface area contributed by atoms with Gasteiger partial charge < -0.3 is 11.1 Å². The Labute approximate surface area is 98.8 Å². The van der Waals surface area contributed by atoms with E-state index < -0.39 is 11.2 Å². The van der Waals surface area contributed by atoms with Crippen LogP contribution in [0.5, 0.6) is 0 Å². The second kappa shape index (κ2) is 5.13. The third kappa shape index (κ3) is 3.70. The standard InChI is InChI=1S/C10H19N5O2/c1-10(2,3)6(4-5-11)12-7-8(16)13-9(17)15-14-7/h6H,4-5,11H2,1-3H3,(H,12,14)(H2,13,15,16,17). The first-order chi connectivity index (χ1) is 7.84. The number of nitrogens with one attached hydrogen (secondary N) is 3. The molecule has 5 N–H and O–H groups in total. The molecule has 1 atom stereocenters. The Hall–Kier alpha value is -1.63. The van der Waals surface area contributed by atoms with E-state index in [1.54, 1.807) is 0 Å². The summed E-state index contributed by atoms with van der Waals surface area (Å²) in [6.07, 6.45) is 0.712. The minimum Gasteiger partial charge on any atom is -0.361 e. The molecule has 0 radical (unpaired) electrons. The number of hydrogen-bond acceptors (Lipinski definition) is 5. The summed E-state index contributed by atoms with van der Waals surface area (Å²) in [4.78, 5) is 24.4. The van der Waals surface area contributed by atoms with Crippen LogP contribution in [0.15, 0.2) is 9.59 Å². The lowest BCUT2D eigenvalue weighted by atomic mass is 9.85. The van der Waals surface area contributed by atoms with Gasteiger partial charge in [-0.25, -0.2) is 9.89 Å². The van der Waals surface area contributed by atoms with Crippen LogP contribution in [0.2, 0.25) is 0 Å². The fraction of sp³-hybridized carbons (Fsp3) is 0.700. The van der Waals surface area contributed by atoms with E-state index in [2.05, 4.69) is 20.5 Å². The number of hydrogen-bond donors (Lipinski definition) is 4. The molecule has 0 bridgehead atoms. The zero-order valence-corrected chi connectivity index (χ0v) is 10.3. The molecular formula is C10H19N5O2. The molecule has 17 heavy (non-hydrogen) atoms. The van der Waals surface area contributed by atoms with E-state index in [0.717, 1.165) is 0 Å². The molecule has 0 saturated carbocycles. The summed E-state index contributed by atoms with van der Waals surface area (Å²) in [7, 11) is 0. The monoisotopic (exact) mass is 241 g/mol. The predicted molar refractivity (Wildman–Crippen MR) is 66.0 cm³/mol. The first-order valence-electron chi connectivity index (χ1n) is 5.50. The van der Waals surface area contributed by atoms with E-state index in [9.17, 15) is 9.59 Å². The third-order valence-electron chi connectivity index (χ3n) is 2.52. The van der Waals surface area contributed by atoms with Crippen LogP contribution in [0, 0.1) is 5.41 Å². The van der Waals surface area contributed by atoms with Crippen molar-refractivity contribution in [1.82, 2.24) is 15.2 Å². The van der Waals surface area contributed by atoms with E-state index >= 15 is 0 Å². The van der Waals surface area contributed by atoms with E-state index in [1.807, 2.05) is 20.8 Å². The van der Waals surface area contributed by atoms with Crippen molar-refractivity contribution in [2.45, 2.75) is 33.2 Å². The van der Waals surface area contributed by atoms with E-state index in [0.29, 0.717) is 13.0 Å². The van der Waals surface area contributed by atoms with Crippen molar-refractivity contribution >= 4 is 5.82 Å². The zero-order valence-electron chi connectivity index (χ0n) is 10.3. The van der Waals surface area contributed by atoms with Gasteiger partial charge in [0.2, 0.25) is 5.82 Å². The molecule has 96 valence electrons. The summed E-state index contributed by atoms with van der Waals surface area (Å²) in [5.41, 5.74) is 4.33. The second-order valence-electron chi connectivity index (χ2n) is 5.00. The molecule has 1 aromatic heterocycles. The molecule has 0 aliphatic heterocycles. The van der Waals surface area contributed by atoms with Crippen molar-refractivity contribution in [2.24, 2.45) is 11.1 Å². The van der Waals surface area contributed by atoms with Gasteiger partial charge in [-0.15, -0.1) is 5.10 Å². The van der Waals surface area contributed by atoms with Crippen molar-refractivity contribution < 1.29 is 0 Å². The van der Waals surface area contributed by atoms with Crippen molar-refractivity contribution in [3.63, 3.8) is 0 Å². The number of H-pyrrole nitrogens is 2. The van der Waals surface area contributed by atoms with Crippen molar-refractivity contribution in [1.29, 1.82) is 0 Å². The van der Waals surface area contributed by atoms with Crippen molar-refractivity contribution in [2.75, 3.05) is 11.9 Å². The smallest absolute Gasteiger partial charge is 0.342 e. The zero-order chi connectivity index (χ0) is 13.1. The number of aromatic nitrogens is 3. The fourth-order valence-corrected chi connectivity index (χ4v) is 1.50. The second-order valence-corrected chi connectivity index (χ2v) is 5.00. The lowest BCUT2D eigenvalue weighted by Gasteiger charge is -2.31. The maximum Gasteiger partial charge on any atom is 0.342 e. The van der Waals surface area contributed by atoms with Gasteiger partial charge in [0.1, 0.15) is 0 Å². The van der Waals surface area contributed by atoms with Gasteiger partial charge in [0.25, 0.3) is 5.56 Å².